The van der Waals surface area contributed by atoms with E-state index >= 15 is 0 Å². The molecule has 0 amide bonds. The number of nitrogens with one attached hydrogen (secondary N) is 2. The summed E-state index contributed by atoms with van der Waals surface area (Å²) in [5.41, 5.74) is 1.96. The summed E-state index contributed by atoms with van der Waals surface area (Å²) in [7, 11) is -3.22. The molecule has 2 N–H and O–H groups in total. The molecule has 2 rings (SSSR count). The zero-order valence-corrected chi connectivity index (χ0v) is 13.2. The van der Waals surface area contributed by atoms with Gasteiger partial charge in [-0.05, 0) is 23.5 Å². The maximum Gasteiger partial charge on any atom is 0.216 e. The third-order valence-corrected chi connectivity index (χ3v) is 4.88. The van der Waals surface area contributed by atoms with Gasteiger partial charge in [0.15, 0.2) is 0 Å². The Morgan fingerprint density at radius 1 is 1.30 bits per heavy atom. The fraction of sp³-hybridized carbons (Fsp3) is 0.600. The third-order valence-electron chi connectivity index (χ3n) is 3.50. The van der Waals surface area contributed by atoms with Gasteiger partial charge in [0.25, 0.3) is 0 Å². The van der Waals surface area contributed by atoms with Gasteiger partial charge in [-0.1, -0.05) is 45.0 Å². The van der Waals surface area contributed by atoms with E-state index in [2.05, 4.69) is 30.8 Å². The molecule has 20 heavy (non-hydrogen) atoms. The van der Waals surface area contributed by atoms with E-state index in [0.29, 0.717) is 12.0 Å². The summed E-state index contributed by atoms with van der Waals surface area (Å²) in [6.45, 7) is 7.01. The van der Waals surface area contributed by atoms with E-state index in [1.807, 2.05) is 24.3 Å². The van der Waals surface area contributed by atoms with Crippen LogP contribution in [-0.4, -0.2) is 20.5 Å². The number of sulfonamides is 1. The van der Waals surface area contributed by atoms with Crippen LogP contribution in [0.25, 0.3) is 0 Å². The van der Waals surface area contributed by atoms with Gasteiger partial charge in [0.1, 0.15) is 0 Å². The van der Waals surface area contributed by atoms with E-state index in [1.54, 1.807) is 0 Å². The topological polar surface area (TPSA) is 58.2 Å². The quantitative estimate of drug-likeness (QED) is 0.809. The van der Waals surface area contributed by atoms with Crippen LogP contribution in [0.2, 0.25) is 0 Å². The fourth-order valence-corrected chi connectivity index (χ4v) is 3.62. The minimum absolute atomic E-state index is 0.0612. The first-order chi connectivity index (χ1) is 9.35. The van der Waals surface area contributed by atoms with Gasteiger partial charge in [0.05, 0.1) is 5.75 Å². The summed E-state index contributed by atoms with van der Waals surface area (Å²) >= 11 is 0. The van der Waals surface area contributed by atoms with E-state index in [4.69, 9.17) is 0 Å². The van der Waals surface area contributed by atoms with Crippen LogP contribution in [0, 0.1) is 5.92 Å². The van der Waals surface area contributed by atoms with Gasteiger partial charge in [0.2, 0.25) is 10.0 Å². The standard InChI is InChI=1S/C15H24N2O2S/c1-11(2)16-9-13-5-4-6-14(8-13)10-20(18,19)17-15-7-12(15)3/h4-6,8,11-12,15-17H,7,9-10H2,1-3H3. The Kier molecular flexibility index (Phi) is 4.83. The first kappa shape index (κ1) is 15.5. The van der Waals surface area contributed by atoms with Gasteiger partial charge in [-0.3, -0.25) is 0 Å². The SMILES string of the molecule is CC(C)NCc1cccc(CS(=O)(=O)NC2CC2C)c1. The molecule has 0 heterocycles. The van der Waals surface area contributed by atoms with Crippen LogP contribution in [0.1, 0.15) is 38.3 Å². The van der Waals surface area contributed by atoms with Crippen molar-refractivity contribution < 1.29 is 8.42 Å². The number of hydrogen-bond acceptors (Lipinski definition) is 3. The van der Waals surface area contributed by atoms with Crippen molar-refractivity contribution in [2.24, 2.45) is 5.92 Å². The number of benzene rings is 1. The van der Waals surface area contributed by atoms with Gasteiger partial charge in [-0.2, -0.15) is 0 Å². The molecule has 0 saturated heterocycles. The molecule has 1 saturated carbocycles. The van der Waals surface area contributed by atoms with Crippen molar-refractivity contribution in [2.75, 3.05) is 0 Å². The highest BCUT2D eigenvalue weighted by Crippen LogP contribution is 2.30. The average molecular weight is 296 g/mol. The monoisotopic (exact) mass is 296 g/mol. The van der Waals surface area contributed by atoms with Crippen LogP contribution in [0.5, 0.6) is 0 Å². The minimum atomic E-state index is -3.22. The second-order valence-corrected chi connectivity index (χ2v) is 7.81. The first-order valence-corrected chi connectivity index (χ1v) is 8.82. The van der Waals surface area contributed by atoms with Crippen molar-refractivity contribution in [1.29, 1.82) is 0 Å². The van der Waals surface area contributed by atoms with Gasteiger partial charge < -0.3 is 5.32 Å². The molecule has 2 unspecified atom stereocenters. The predicted molar refractivity (Wildman–Crippen MR) is 81.7 cm³/mol. The lowest BCUT2D eigenvalue weighted by Crippen LogP contribution is -2.28. The summed E-state index contributed by atoms with van der Waals surface area (Å²) < 4.78 is 26.8. The second-order valence-electron chi connectivity index (χ2n) is 6.05. The summed E-state index contributed by atoms with van der Waals surface area (Å²) in [6, 6.07) is 8.33. The first-order valence-electron chi connectivity index (χ1n) is 7.17. The molecule has 1 aromatic carbocycles. The minimum Gasteiger partial charge on any atom is -0.310 e. The molecule has 4 nitrogen and oxygen atoms in total. The van der Waals surface area contributed by atoms with Crippen LogP contribution >= 0.6 is 0 Å². The van der Waals surface area contributed by atoms with Crippen molar-refractivity contribution >= 4 is 10.0 Å². The normalized spacial score (nSPS) is 22.2. The Morgan fingerprint density at radius 2 is 1.95 bits per heavy atom. The van der Waals surface area contributed by atoms with Crippen molar-refractivity contribution in [3.63, 3.8) is 0 Å². The lowest BCUT2D eigenvalue weighted by Gasteiger charge is -2.10. The van der Waals surface area contributed by atoms with Gasteiger partial charge in [-0.15, -0.1) is 0 Å². The average Bonchev–Trinajstić information content (AvgIpc) is 3.01. The summed E-state index contributed by atoms with van der Waals surface area (Å²) in [4.78, 5) is 0. The van der Waals surface area contributed by atoms with Gasteiger partial charge >= 0.3 is 0 Å². The lowest BCUT2D eigenvalue weighted by atomic mass is 10.1. The summed E-state index contributed by atoms with van der Waals surface area (Å²) in [5, 5.41) is 3.33. The second kappa shape index (κ2) is 6.24. The lowest BCUT2D eigenvalue weighted by molar-refractivity contribution is 0.577. The Bertz CT molecular complexity index is 555. The highest BCUT2D eigenvalue weighted by molar-refractivity contribution is 7.88. The molecule has 112 valence electrons. The zero-order valence-electron chi connectivity index (χ0n) is 12.4. The molecule has 2 atom stereocenters. The van der Waals surface area contributed by atoms with Crippen LogP contribution in [0.15, 0.2) is 24.3 Å². The van der Waals surface area contributed by atoms with Gasteiger partial charge in [-0.25, -0.2) is 13.1 Å². The zero-order chi connectivity index (χ0) is 14.8. The van der Waals surface area contributed by atoms with Crippen LogP contribution < -0.4 is 10.0 Å². The van der Waals surface area contributed by atoms with Crippen LogP contribution in [0.4, 0.5) is 0 Å². The fourth-order valence-electron chi connectivity index (χ4n) is 2.13. The summed E-state index contributed by atoms with van der Waals surface area (Å²) in [6.07, 6.45) is 0.956. The molecule has 1 aliphatic rings. The van der Waals surface area contributed by atoms with Crippen molar-refractivity contribution in [3.05, 3.63) is 35.4 Å². The Labute approximate surface area is 122 Å². The number of rotatable bonds is 7. The smallest absolute Gasteiger partial charge is 0.216 e. The van der Waals surface area contributed by atoms with E-state index in [9.17, 15) is 8.42 Å². The molecular weight excluding hydrogens is 272 g/mol. The molecular formula is C15H24N2O2S. The van der Waals surface area contributed by atoms with Crippen LogP contribution in [0.3, 0.4) is 0 Å². The molecule has 1 aliphatic carbocycles. The van der Waals surface area contributed by atoms with E-state index < -0.39 is 10.0 Å². The molecule has 0 spiro atoms. The molecule has 0 aromatic heterocycles. The Morgan fingerprint density at radius 3 is 2.55 bits per heavy atom. The molecule has 1 aromatic rings. The van der Waals surface area contributed by atoms with Crippen molar-refractivity contribution in [2.45, 2.75) is 51.6 Å². The largest absolute Gasteiger partial charge is 0.310 e. The predicted octanol–water partition coefficient (Wildman–Crippen LogP) is 2.01. The third kappa shape index (κ3) is 4.89. The van der Waals surface area contributed by atoms with Crippen molar-refractivity contribution in [3.8, 4) is 0 Å². The summed E-state index contributed by atoms with van der Waals surface area (Å²) in [5.74, 6) is 0.539. The molecule has 0 aliphatic heterocycles. The number of hydrogen-bond donors (Lipinski definition) is 2. The van der Waals surface area contributed by atoms with Crippen molar-refractivity contribution in [1.82, 2.24) is 10.0 Å². The van der Waals surface area contributed by atoms with E-state index in [0.717, 1.165) is 24.1 Å². The highest BCUT2D eigenvalue weighted by Gasteiger charge is 2.35. The molecule has 1 fully saturated rings. The Balaban J connectivity index is 1.96. The maximum atomic E-state index is 12.0. The molecule has 5 heteroatoms. The van der Waals surface area contributed by atoms with Crippen LogP contribution in [-0.2, 0) is 22.3 Å². The van der Waals surface area contributed by atoms with E-state index in [1.165, 1.54) is 0 Å². The Hall–Kier alpha value is -0.910. The van der Waals surface area contributed by atoms with Gasteiger partial charge in [0, 0.05) is 18.6 Å². The molecule has 0 radical (unpaired) electrons. The molecule has 0 bridgehead atoms. The maximum absolute atomic E-state index is 12.0. The van der Waals surface area contributed by atoms with E-state index in [-0.39, 0.29) is 11.8 Å². The highest BCUT2D eigenvalue weighted by atomic mass is 32.2.